The average molecular weight is 274 g/mol. The molecule has 0 spiro atoms. The maximum absolute atomic E-state index is 13.8. The molecule has 0 radical (unpaired) electrons. The number of nitrogens with zero attached hydrogens (tertiary/aromatic N) is 1. The second kappa shape index (κ2) is 5.03. The summed E-state index contributed by atoms with van der Waals surface area (Å²) in [6, 6.07) is 12.4. The van der Waals surface area contributed by atoms with Gasteiger partial charge >= 0.3 is 0 Å². The zero-order valence-corrected chi connectivity index (χ0v) is 10.7. The molecule has 0 amide bonds. The minimum atomic E-state index is -0.350. The molecule has 0 aliphatic carbocycles. The van der Waals surface area contributed by atoms with Gasteiger partial charge in [0.15, 0.2) is 5.16 Å². The van der Waals surface area contributed by atoms with Crippen LogP contribution in [0.15, 0.2) is 52.5 Å². The summed E-state index contributed by atoms with van der Waals surface area (Å²) in [6.45, 7) is -0.160. The Morgan fingerprint density at radius 3 is 2.79 bits per heavy atom. The predicted octanol–water partition coefficient (Wildman–Crippen LogP) is 3.35. The fraction of sp³-hybridized carbons (Fsp3) is 0.0714. The molecular formula is C14H11FN2OS. The first-order valence-corrected chi connectivity index (χ1v) is 6.60. The number of aliphatic hydroxyl groups is 1. The molecule has 0 saturated heterocycles. The molecule has 0 aliphatic heterocycles. The lowest BCUT2D eigenvalue weighted by atomic mass is 10.2. The molecule has 2 aromatic carbocycles. The molecular weight excluding hydrogens is 263 g/mol. The Kier molecular flexibility index (Phi) is 3.23. The molecule has 1 aromatic heterocycles. The van der Waals surface area contributed by atoms with Gasteiger partial charge in [0.1, 0.15) is 5.82 Å². The standard InChI is InChI=1S/C14H11FN2OS/c15-10-7-9(8-18)5-6-13(10)19-14-16-11-3-1-2-4-12(11)17-14/h1-7,18H,8H2,(H,16,17). The Bertz CT molecular complexity index is 693. The molecule has 5 heteroatoms. The van der Waals surface area contributed by atoms with E-state index < -0.39 is 0 Å². The number of hydrogen-bond donors (Lipinski definition) is 2. The number of fused-ring (bicyclic) bond motifs is 1. The summed E-state index contributed by atoms with van der Waals surface area (Å²) in [5.41, 5.74) is 2.35. The van der Waals surface area contributed by atoms with Crippen molar-refractivity contribution in [3.63, 3.8) is 0 Å². The van der Waals surface area contributed by atoms with E-state index in [1.807, 2.05) is 24.3 Å². The smallest absolute Gasteiger partial charge is 0.171 e. The SMILES string of the molecule is OCc1ccc(Sc2nc3ccccc3[nH]2)c(F)c1. The van der Waals surface area contributed by atoms with Crippen LogP contribution in [0.5, 0.6) is 0 Å². The van der Waals surface area contributed by atoms with Gasteiger partial charge < -0.3 is 10.1 Å². The van der Waals surface area contributed by atoms with Crippen molar-refractivity contribution in [2.75, 3.05) is 0 Å². The van der Waals surface area contributed by atoms with Crippen molar-refractivity contribution in [2.24, 2.45) is 0 Å². The number of imidazole rings is 1. The van der Waals surface area contributed by atoms with Crippen LogP contribution in [0.2, 0.25) is 0 Å². The van der Waals surface area contributed by atoms with E-state index in [1.54, 1.807) is 12.1 Å². The zero-order valence-electron chi connectivity index (χ0n) is 9.93. The van der Waals surface area contributed by atoms with E-state index >= 15 is 0 Å². The third-order valence-electron chi connectivity index (χ3n) is 2.75. The number of H-pyrrole nitrogens is 1. The molecule has 2 N–H and O–H groups in total. The van der Waals surface area contributed by atoms with Crippen LogP contribution in [0.25, 0.3) is 11.0 Å². The molecule has 1 heterocycles. The second-order valence-corrected chi connectivity index (χ2v) is 5.11. The van der Waals surface area contributed by atoms with Crippen molar-refractivity contribution in [1.29, 1.82) is 0 Å². The minimum absolute atomic E-state index is 0.160. The van der Waals surface area contributed by atoms with Gasteiger partial charge in [0, 0.05) is 0 Å². The average Bonchev–Trinajstić information content (AvgIpc) is 2.83. The van der Waals surface area contributed by atoms with E-state index in [9.17, 15) is 4.39 Å². The largest absolute Gasteiger partial charge is 0.392 e. The van der Waals surface area contributed by atoms with Gasteiger partial charge in [-0.2, -0.15) is 0 Å². The third-order valence-corrected chi connectivity index (χ3v) is 3.69. The number of halogens is 1. The number of aromatic nitrogens is 2. The van der Waals surface area contributed by atoms with Crippen molar-refractivity contribution in [1.82, 2.24) is 9.97 Å². The maximum Gasteiger partial charge on any atom is 0.171 e. The van der Waals surface area contributed by atoms with Crippen LogP contribution in [-0.4, -0.2) is 15.1 Å². The lowest BCUT2D eigenvalue weighted by Gasteiger charge is -2.02. The number of aliphatic hydroxyl groups excluding tert-OH is 1. The van der Waals surface area contributed by atoms with E-state index in [4.69, 9.17) is 5.11 Å². The van der Waals surface area contributed by atoms with E-state index in [-0.39, 0.29) is 12.4 Å². The van der Waals surface area contributed by atoms with Crippen molar-refractivity contribution >= 4 is 22.8 Å². The number of hydrogen-bond acceptors (Lipinski definition) is 3. The number of nitrogens with one attached hydrogen (secondary N) is 1. The maximum atomic E-state index is 13.8. The Hall–Kier alpha value is -1.85. The Morgan fingerprint density at radius 1 is 1.21 bits per heavy atom. The summed E-state index contributed by atoms with van der Waals surface area (Å²) in [5, 5.41) is 9.60. The van der Waals surface area contributed by atoms with Crippen molar-refractivity contribution in [3.8, 4) is 0 Å². The molecule has 3 nitrogen and oxygen atoms in total. The van der Waals surface area contributed by atoms with Crippen molar-refractivity contribution < 1.29 is 9.50 Å². The summed E-state index contributed by atoms with van der Waals surface area (Å²) in [5.74, 6) is -0.350. The number of benzene rings is 2. The first kappa shape index (κ1) is 12.2. The topological polar surface area (TPSA) is 48.9 Å². The lowest BCUT2D eigenvalue weighted by Crippen LogP contribution is -1.88. The number of aromatic amines is 1. The molecule has 19 heavy (non-hydrogen) atoms. The molecule has 96 valence electrons. The number of rotatable bonds is 3. The highest BCUT2D eigenvalue weighted by Crippen LogP contribution is 2.29. The molecule has 0 atom stereocenters. The van der Waals surface area contributed by atoms with Crippen LogP contribution in [0, 0.1) is 5.82 Å². The second-order valence-electron chi connectivity index (χ2n) is 4.08. The summed E-state index contributed by atoms with van der Waals surface area (Å²) in [4.78, 5) is 8.00. The van der Waals surface area contributed by atoms with Crippen LogP contribution >= 0.6 is 11.8 Å². The third kappa shape index (κ3) is 2.47. The van der Waals surface area contributed by atoms with Gasteiger partial charge in [-0.05, 0) is 41.6 Å². The Balaban J connectivity index is 1.92. The molecule has 0 aliphatic rings. The monoisotopic (exact) mass is 274 g/mol. The quantitative estimate of drug-likeness (QED) is 0.770. The van der Waals surface area contributed by atoms with E-state index in [2.05, 4.69) is 9.97 Å². The molecule has 0 bridgehead atoms. The molecule has 3 aromatic rings. The van der Waals surface area contributed by atoms with Gasteiger partial charge in [-0.15, -0.1) is 0 Å². The van der Waals surface area contributed by atoms with Crippen LogP contribution in [-0.2, 0) is 6.61 Å². The van der Waals surface area contributed by atoms with Crippen LogP contribution in [0.3, 0.4) is 0 Å². The van der Waals surface area contributed by atoms with Gasteiger partial charge in [-0.25, -0.2) is 9.37 Å². The first-order valence-electron chi connectivity index (χ1n) is 5.78. The lowest BCUT2D eigenvalue weighted by molar-refractivity contribution is 0.281. The molecule has 3 rings (SSSR count). The highest BCUT2D eigenvalue weighted by molar-refractivity contribution is 7.99. The van der Waals surface area contributed by atoms with Crippen LogP contribution in [0.4, 0.5) is 4.39 Å². The fourth-order valence-electron chi connectivity index (χ4n) is 1.81. The Labute approximate surface area is 113 Å². The van der Waals surface area contributed by atoms with Gasteiger partial charge in [0.25, 0.3) is 0 Å². The van der Waals surface area contributed by atoms with Gasteiger partial charge in [0.05, 0.1) is 22.5 Å². The van der Waals surface area contributed by atoms with Crippen molar-refractivity contribution in [3.05, 3.63) is 53.8 Å². The summed E-state index contributed by atoms with van der Waals surface area (Å²) in [6.07, 6.45) is 0. The van der Waals surface area contributed by atoms with Crippen LogP contribution < -0.4 is 0 Å². The van der Waals surface area contributed by atoms with E-state index in [0.717, 1.165) is 11.0 Å². The molecule has 0 unspecified atom stereocenters. The zero-order chi connectivity index (χ0) is 13.2. The predicted molar refractivity (Wildman–Crippen MR) is 72.5 cm³/mol. The van der Waals surface area contributed by atoms with Gasteiger partial charge in [-0.1, -0.05) is 18.2 Å². The highest BCUT2D eigenvalue weighted by atomic mass is 32.2. The van der Waals surface area contributed by atoms with Gasteiger partial charge in [0.2, 0.25) is 0 Å². The molecule has 0 fully saturated rings. The molecule has 0 saturated carbocycles. The van der Waals surface area contributed by atoms with E-state index in [0.29, 0.717) is 15.6 Å². The normalized spacial score (nSPS) is 11.1. The summed E-state index contributed by atoms with van der Waals surface area (Å²) in [7, 11) is 0. The van der Waals surface area contributed by atoms with Gasteiger partial charge in [-0.3, -0.25) is 0 Å². The summed E-state index contributed by atoms with van der Waals surface area (Å²) >= 11 is 1.24. The van der Waals surface area contributed by atoms with E-state index in [1.165, 1.54) is 17.8 Å². The Morgan fingerprint density at radius 2 is 2.05 bits per heavy atom. The highest BCUT2D eigenvalue weighted by Gasteiger charge is 2.08. The minimum Gasteiger partial charge on any atom is -0.392 e. The summed E-state index contributed by atoms with van der Waals surface area (Å²) < 4.78 is 13.8. The van der Waals surface area contributed by atoms with Crippen LogP contribution in [0.1, 0.15) is 5.56 Å². The first-order chi connectivity index (χ1) is 9.26. The van der Waals surface area contributed by atoms with Crippen molar-refractivity contribution in [2.45, 2.75) is 16.7 Å². The fourth-order valence-corrected chi connectivity index (χ4v) is 2.61. The number of para-hydroxylation sites is 2.